The predicted molar refractivity (Wildman–Crippen MR) is 134 cm³/mol. The van der Waals surface area contributed by atoms with E-state index in [4.69, 9.17) is 9.47 Å². The molecule has 3 aromatic carbocycles. The van der Waals surface area contributed by atoms with E-state index in [1.54, 1.807) is 0 Å². The number of para-hydroxylation sites is 2. The van der Waals surface area contributed by atoms with Gasteiger partial charge in [0.25, 0.3) is 0 Å². The standard InChI is InChI=1S/C25H21BrN4O2S/c1-2-33-25-28-24-22(29-30-25)18-7-3-5-9-20(18)27-23(32-24)19-8-4-6-10-21(19)31-15-16-11-13-17(26)14-12-16/h3-14,23,27H,2,15H2,1H3/t23-/m1/s1. The fourth-order valence-corrected chi connectivity index (χ4v) is 4.32. The first-order chi connectivity index (χ1) is 16.2. The number of rotatable bonds is 6. The largest absolute Gasteiger partial charge is 0.488 e. The second-order valence-corrected chi connectivity index (χ2v) is 9.47. The van der Waals surface area contributed by atoms with Crippen LogP contribution in [-0.2, 0) is 6.61 Å². The summed E-state index contributed by atoms with van der Waals surface area (Å²) in [7, 11) is 0. The summed E-state index contributed by atoms with van der Waals surface area (Å²) in [4.78, 5) is 4.65. The molecule has 0 fully saturated rings. The van der Waals surface area contributed by atoms with Crippen molar-refractivity contribution in [2.75, 3.05) is 11.1 Å². The van der Waals surface area contributed by atoms with Crippen molar-refractivity contribution < 1.29 is 9.47 Å². The van der Waals surface area contributed by atoms with Gasteiger partial charge in [0.2, 0.25) is 17.3 Å². The molecule has 5 rings (SSSR count). The average molecular weight is 521 g/mol. The summed E-state index contributed by atoms with van der Waals surface area (Å²) in [5.74, 6) is 2.04. The lowest BCUT2D eigenvalue weighted by atomic mass is 10.1. The first-order valence-electron chi connectivity index (χ1n) is 10.6. The molecule has 0 radical (unpaired) electrons. The highest BCUT2D eigenvalue weighted by Crippen LogP contribution is 2.41. The third-order valence-electron chi connectivity index (χ3n) is 5.12. The Kier molecular flexibility index (Phi) is 6.46. The van der Waals surface area contributed by atoms with Crippen LogP contribution in [0.4, 0.5) is 5.69 Å². The van der Waals surface area contributed by atoms with E-state index >= 15 is 0 Å². The Morgan fingerprint density at radius 2 is 1.79 bits per heavy atom. The fourth-order valence-electron chi connectivity index (χ4n) is 3.55. The molecular weight excluding hydrogens is 500 g/mol. The topological polar surface area (TPSA) is 69.2 Å². The van der Waals surface area contributed by atoms with Crippen molar-refractivity contribution in [1.82, 2.24) is 15.2 Å². The molecule has 1 aliphatic heterocycles. The monoisotopic (exact) mass is 520 g/mol. The van der Waals surface area contributed by atoms with E-state index in [9.17, 15) is 0 Å². The molecular formula is C25H21BrN4O2S. The lowest BCUT2D eigenvalue weighted by Crippen LogP contribution is -2.18. The molecule has 1 atom stereocenters. The number of hydrogen-bond donors (Lipinski definition) is 1. The summed E-state index contributed by atoms with van der Waals surface area (Å²) in [5.41, 5.74) is 4.37. The highest BCUT2D eigenvalue weighted by molar-refractivity contribution is 9.10. The number of thioether (sulfide) groups is 1. The Morgan fingerprint density at radius 3 is 2.64 bits per heavy atom. The SMILES string of the molecule is CCSc1nnc2c(n1)O[C@H](c1ccccc1OCc1ccc(Br)cc1)Nc1ccccc1-2. The van der Waals surface area contributed by atoms with E-state index in [2.05, 4.69) is 43.4 Å². The van der Waals surface area contributed by atoms with Crippen LogP contribution in [0.1, 0.15) is 24.3 Å². The number of halogens is 1. The van der Waals surface area contributed by atoms with Crippen molar-refractivity contribution in [3.8, 4) is 22.9 Å². The lowest BCUT2D eigenvalue weighted by molar-refractivity contribution is 0.214. The molecule has 6 nitrogen and oxygen atoms in total. The molecule has 33 heavy (non-hydrogen) atoms. The van der Waals surface area contributed by atoms with Gasteiger partial charge in [0.1, 0.15) is 12.4 Å². The maximum Gasteiger partial charge on any atom is 0.247 e. The number of benzene rings is 3. The minimum atomic E-state index is -0.510. The first-order valence-corrected chi connectivity index (χ1v) is 12.4. The number of aromatic nitrogens is 3. The minimum Gasteiger partial charge on any atom is -0.488 e. The van der Waals surface area contributed by atoms with Crippen LogP contribution >= 0.6 is 27.7 Å². The molecule has 166 valence electrons. The molecule has 0 unspecified atom stereocenters. The highest BCUT2D eigenvalue weighted by Gasteiger charge is 2.27. The average Bonchev–Trinajstić information content (AvgIpc) is 3.00. The van der Waals surface area contributed by atoms with Crippen LogP contribution in [0, 0.1) is 0 Å². The van der Waals surface area contributed by atoms with Crippen molar-refractivity contribution in [3.05, 3.63) is 88.4 Å². The number of ether oxygens (including phenoxy) is 2. The lowest BCUT2D eigenvalue weighted by Gasteiger charge is -2.22. The van der Waals surface area contributed by atoms with Gasteiger partial charge in [-0.15, -0.1) is 10.2 Å². The van der Waals surface area contributed by atoms with Crippen molar-refractivity contribution in [3.63, 3.8) is 0 Å². The number of nitrogens with zero attached hydrogens (tertiary/aromatic N) is 3. The van der Waals surface area contributed by atoms with Gasteiger partial charge in [0.05, 0.1) is 5.56 Å². The molecule has 1 aromatic heterocycles. The zero-order valence-corrected chi connectivity index (χ0v) is 20.3. The summed E-state index contributed by atoms with van der Waals surface area (Å²) in [6.45, 7) is 2.50. The second kappa shape index (κ2) is 9.80. The first kappa shape index (κ1) is 21.7. The van der Waals surface area contributed by atoms with Gasteiger partial charge in [-0.05, 0) is 41.6 Å². The Labute approximate surface area is 204 Å². The van der Waals surface area contributed by atoms with E-state index in [0.717, 1.165) is 38.4 Å². The zero-order valence-electron chi connectivity index (χ0n) is 17.9. The van der Waals surface area contributed by atoms with Crippen molar-refractivity contribution in [1.29, 1.82) is 0 Å². The van der Waals surface area contributed by atoms with Crippen molar-refractivity contribution in [2.45, 2.75) is 24.9 Å². The molecule has 1 aliphatic rings. The normalized spacial score (nSPS) is 14.3. The van der Waals surface area contributed by atoms with E-state index in [-0.39, 0.29) is 0 Å². The zero-order chi connectivity index (χ0) is 22.6. The van der Waals surface area contributed by atoms with E-state index in [0.29, 0.717) is 23.3 Å². The van der Waals surface area contributed by atoms with Gasteiger partial charge >= 0.3 is 0 Å². The molecule has 0 amide bonds. The number of anilines is 1. The van der Waals surface area contributed by atoms with Gasteiger partial charge in [-0.25, -0.2) is 0 Å². The predicted octanol–water partition coefficient (Wildman–Crippen LogP) is 6.50. The van der Waals surface area contributed by atoms with E-state index in [1.165, 1.54) is 11.8 Å². The van der Waals surface area contributed by atoms with Gasteiger partial charge in [-0.3, -0.25) is 0 Å². The molecule has 8 heteroatoms. The summed E-state index contributed by atoms with van der Waals surface area (Å²) in [6, 6.07) is 23.9. The van der Waals surface area contributed by atoms with Gasteiger partial charge in [-0.2, -0.15) is 4.98 Å². The van der Waals surface area contributed by atoms with E-state index in [1.807, 2.05) is 72.8 Å². The number of fused-ring (bicyclic) bond motifs is 3. The van der Waals surface area contributed by atoms with Crippen molar-refractivity contribution >= 4 is 33.4 Å². The number of hydrogen-bond acceptors (Lipinski definition) is 7. The summed E-state index contributed by atoms with van der Waals surface area (Å²) >= 11 is 5.00. The van der Waals surface area contributed by atoms with Crippen LogP contribution in [-0.4, -0.2) is 20.9 Å². The van der Waals surface area contributed by atoms with Gasteiger partial charge < -0.3 is 14.8 Å². The van der Waals surface area contributed by atoms with Gasteiger partial charge in [0, 0.05) is 15.7 Å². The quantitative estimate of drug-likeness (QED) is 0.291. The van der Waals surface area contributed by atoms with E-state index < -0.39 is 6.23 Å². The fraction of sp³-hybridized carbons (Fsp3) is 0.160. The maximum absolute atomic E-state index is 6.40. The summed E-state index contributed by atoms with van der Waals surface area (Å²) in [5, 5.41) is 12.8. The third-order valence-corrected chi connectivity index (χ3v) is 6.36. The molecule has 0 spiro atoms. The molecule has 0 bridgehead atoms. The van der Waals surface area contributed by atoms with Crippen LogP contribution in [0.15, 0.2) is 82.4 Å². The molecule has 0 saturated heterocycles. The Balaban J connectivity index is 1.50. The molecule has 0 aliphatic carbocycles. The molecule has 4 aromatic rings. The molecule has 1 N–H and O–H groups in total. The van der Waals surface area contributed by atoms with Gasteiger partial charge in [0.15, 0.2) is 5.69 Å². The van der Waals surface area contributed by atoms with Gasteiger partial charge in [-0.1, -0.05) is 77.1 Å². The van der Waals surface area contributed by atoms with Crippen LogP contribution in [0.2, 0.25) is 0 Å². The smallest absolute Gasteiger partial charge is 0.247 e. The van der Waals surface area contributed by atoms with Crippen LogP contribution < -0.4 is 14.8 Å². The molecule has 0 saturated carbocycles. The summed E-state index contributed by atoms with van der Waals surface area (Å²) in [6.07, 6.45) is -0.510. The maximum atomic E-state index is 6.40. The molecule has 2 heterocycles. The Morgan fingerprint density at radius 1 is 1.00 bits per heavy atom. The Hall–Kier alpha value is -3.10. The minimum absolute atomic E-state index is 0.450. The van der Waals surface area contributed by atoms with Crippen molar-refractivity contribution in [2.24, 2.45) is 0 Å². The van der Waals surface area contributed by atoms with Crippen LogP contribution in [0.3, 0.4) is 0 Å². The van der Waals surface area contributed by atoms with Crippen LogP contribution in [0.5, 0.6) is 11.6 Å². The Bertz CT molecular complexity index is 1270. The number of nitrogens with one attached hydrogen (secondary N) is 1. The van der Waals surface area contributed by atoms with Crippen LogP contribution in [0.25, 0.3) is 11.3 Å². The highest BCUT2D eigenvalue weighted by atomic mass is 79.9. The second-order valence-electron chi connectivity index (χ2n) is 7.32. The third kappa shape index (κ3) is 4.82. The summed E-state index contributed by atoms with van der Waals surface area (Å²) < 4.78 is 13.6.